The summed E-state index contributed by atoms with van der Waals surface area (Å²) in [4.78, 5) is 12.2. The number of nitrogens with one attached hydrogen (secondary N) is 1. The maximum atomic E-state index is 13.0. The zero-order valence-corrected chi connectivity index (χ0v) is 16.7. The average Bonchev–Trinajstić information content (AvgIpc) is 2.74. The molecule has 0 amide bonds. The van der Waals surface area contributed by atoms with Crippen LogP contribution in [0.2, 0.25) is 0 Å². The fraction of sp³-hybridized carbons (Fsp3) is 0.174. The number of sulfonamides is 1. The summed E-state index contributed by atoms with van der Waals surface area (Å²) in [6.45, 7) is 0.195. The van der Waals surface area contributed by atoms with Crippen molar-refractivity contribution in [1.82, 2.24) is 4.72 Å². The van der Waals surface area contributed by atoms with Gasteiger partial charge < -0.3 is 4.74 Å². The fourth-order valence-corrected chi connectivity index (χ4v) is 4.48. The van der Waals surface area contributed by atoms with Crippen LogP contribution < -0.4 is 9.46 Å². The van der Waals surface area contributed by atoms with Gasteiger partial charge in [-0.15, -0.1) is 0 Å². The van der Waals surface area contributed by atoms with E-state index in [1.165, 1.54) is 0 Å². The van der Waals surface area contributed by atoms with Gasteiger partial charge in [-0.3, -0.25) is 4.79 Å². The molecule has 0 fully saturated rings. The monoisotopic (exact) mass is 409 g/mol. The molecule has 0 aromatic heterocycles. The zero-order chi connectivity index (χ0) is 20.5. The largest absolute Gasteiger partial charge is 0.427 e. The lowest BCUT2D eigenvalue weighted by molar-refractivity contribution is -0.134. The van der Waals surface area contributed by atoms with Gasteiger partial charge in [0.25, 0.3) is 0 Å². The quantitative estimate of drug-likeness (QED) is 0.424. The molecule has 0 aliphatic carbocycles. The van der Waals surface area contributed by atoms with Gasteiger partial charge in [0.2, 0.25) is 10.0 Å². The minimum absolute atomic E-state index is 0.0132. The van der Waals surface area contributed by atoms with Crippen LogP contribution in [-0.4, -0.2) is 14.4 Å². The summed E-state index contributed by atoms with van der Waals surface area (Å²) in [6, 6.07) is 27.0. The van der Waals surface area contributed by atoms with Gasteiger partial charge >= 0.3 is 5.97 Å². The SMILES string of the molecule is O=C(CCC(c1ccccc1)S(=O)(=O)NCc1ccccc1)Oc1ccccc1. The molecule has 3 rings (SSSR count). The Morgan fingerprint density at radius 2 is 1.38 bits per heavy atom. The molecule has 0 spiro atoms. The van der Waals surface area contributed by atoms with E-state index in [0.717, 1.165) is 5.56 Å². The lowest BCUT2D eigenvalue weighted by atomic mass is 10.1. The summed E-state index contributed by atoms with van der Waals surface area (Å²) < 4.78 is 34.0. The van der Waals surface area contributed by atoms with E-state index < -0.39 is 21.2 Å². The van der Waals surface area contributed by atoms with E-state index in [9.17, 15) is 13.2 Å². The highest BCUT2D eigenvalue weighted by molar-refractivity contribution is 7.89. The lowest BCUT2D eigenvalue weighted by Gasteiger charge is -2.18. The van der Waals surface area contributed by atoms with Crippen LogP contribution in [0.3, 0.4) is 0 Å². The van der Waals surface area contributed by atoms with Crippen molar-refractivity contribution in [3.05, 3.63) is 102 Å². The number of esters is 1. The van der Waals surface area contributed by atoms with Crippen LogP contribution >= 0.6 is 0 Å². The van der Waals surface area contributed by atoms with E-state index in [0.29, 0.717) is 11.3 Å². The van der Waals surface area contributed by atoms with Crippen molar-refractivity contribution in [2.75, 3.05) is 0 Å². The standard InChI is InChI=1S/C23H23NO4S/c25-23(28-21-14-8-3-9-15-21)17-16-22(20-12-6-2-7-13-20)29(26,27)24-18-19-10-4-1-5-11-19/h1-15,22,24H,16-18H2. The molecule has 3 aromatic carbocycles. The Morgan fingerprint density at radius 1 is 0.828 bits per heavy atom. The van der Waals surface area contributed by atoms with Crippen LogP contribution in [0.25, 0.3) is 0 Å². The van der Waals surface area contributed by atoms with E-state index in [2.05, 4.69) is 4.72 Å². The second-order valence-corrected chi connectivity index (χ2v) is 8.52. The highest BCUT2D eigenvalue weighted by Gasteiger charge is 2.28. The Morgan fingerprint density at radius 3 is 2.00 bits per heavy atom. The second-order valence-electron chi connectivity index (χ2n) is 6.58. The van der Waals surface area contributed by atoms with Gasteiger partial charge in [-0.05, 0) is 29.7 Å². The number of para-hydroxylation sites is 1. The van der Waals surface area contributed by atoms with Crippen LogP contribution in [0.5, 0.6) is 5.75 Å². The van der Waals surface area contributed by atoms with Gasteiger partial charge in [-0.2, -0.15) is 0 Å². The first-order chi connectivity index (χ1) is 14.0. The van der Waals surface area contributed by atoms with Crippen molar-refractivity contribution < 1.29 is 17.9 Å². The van der Waals surface area contributed by atoms with Gasteiger partial charge in [0.15, 0.2) is 0 Å². The van der Waals surface area contributed by atoms with Crippen LogP contribution in [-0.2, 0) is 21.4 Å². The Kier molecular flexibility index (Phi) is 7.16. The van der Waals surface area contributed by atoms with Crippen LogP contribution in [0.1, 0.15) is 29.2 Å². The molecule has 29 heavy (non-hydrogen) atoms. The van der Waals surface area contributed by atoms with E-state index >= 15 is 0 Å². The fourth-order valence-electron chi connectivity index (χ4n) is 2.97. The normalized spacial score (nSPS) is 12.3. The molecule has 1 atom stereocenters. The van der Waals surface area contributed by atoms with Gasteiger partial charge in [0.05, 0.1) is 0 Å². The van der Waals surface area contributed by atoms with Gasteiger partial charge in [-0.1, -0.05) is 78.9 Å². The molecule has 0 saturated carbocycles. The first-order valence-electron chi connectivity index (χ1n) is 9.38. The van der Waals surface area contributed by atoms with Gasteiger partial charge in [0.1, 0.15) is 11.0 Å². The molecule has 6 heteroatoms. The van der Waals surface area contributed by atoms with Gasteiger partial charge in [0, 0.05) is 13.0 Å². The predicted molar refractivity (Wildman–Crippen MR) is 113 cm³/mol. The topological polar surface area (TPSA) is 72.5 Å². The maximum Gasteiger partial charge on any atom is 0.311 e. The number of hydrogen-bond acceptors (Lipinski definition) is 4. The smallest absolute Gasteiger partial charge is 0.311 e. The van der Waals surface area contributed by atoms with Crippen LogP contribution in [0.4, 0.5) is 0 Å². The van der Waals surface area contributed by atoms with E-state index in [1.54, 1.807) is 48.5 Å². The van der Waals surface area contributed by atoms with E-state index in [-0.39, 0.29) is 19.4 Å². The Bertz CT molecular complexity index is 1010. The molecule has 5 nitrogen and oxygen atoms in total. The number of carbonyl (C=O) groups is 1. The summed E-state index contributed by atoms with van der Waals surface area (Å²) in [7, 11) is -3.70. The second kappa shape index (κ2) is 10.0. The first kappa shape index (κ1) is 20.8. The lowest BCUT2D eigenvalue weighted by Crippen LogP contribution is -2.29. The molecular weight excluding hydrogens is 386 g/mol. The van der Waals surface area contributed by atoms with Crippen molar-refractivity contribution in [2.45, 2.75) is 24.6 Å². The van der Waals surface area contributed by atoms with E-state index in [4.69, 9.17) is 4.74 Å². The summed E-state index contributed by atoms with van der Waals surface area (Å²) in [5.74, 6) is -0.0192. The summed E-state index contributed by atoms with van der Waals surface area (Å²) in [5.41, 5.74) is 1.51. The predicted octanol–water partition coefficient (Wildman–Crippen LogP) is 4.23. The molecule has 1 unspecified atom stereocenters. The number of benzene rings is 3. The summed E-state index contributed by atoms with van der Waals surface area (Å²) in [6.07, 6.45) is 0.112. The molecule has 0 bridgehead atoms. The van der Waals surface area contributed by atoms with Crippen LogP contribution in [0.15, 0.2) is 91.0 Å². The number of hydrogen-bond donors (Lipinski definition) is 1. The highest BCUT2D eigenvalue weighted by Crippen LogP contribution is 2.27. The third kappa shape index (κ3) is 6.27. The molecule has 1 N–H and O–H groups in total. The molecule has 0 saturated heterocycles. The summed E-state index contributed by atoms with van der Waals surface area (Å²) >= 11 is 0. The van der Waals surface area contributed by atoms with Crippen molar-refractivity contribution in [1.29, 1.82) is 0 Å². The van der Waals surface area contributed by atoms with Crippen molar-refractivity contribution in [3.63, 3.8) is 0 Å². The first-order valence-corrected chi connectivity index (χ1v) is 10.9. The average molecular weight is 410 g/mol. The third-order valence-electron chi connectivity index (χ3n) is 4.45. The Balaban J connectivity index is 1.70. The van der Waals surface area contributed by atoms with Crippen molar-refractivity contribution in [2.24, 2.45) is 0 Å². The molecule has 0 aliphatic heterocycles. The molecule has 0 aliphatic rings. The number of rotatable bonds is 9. The molecule has 150 valence electrons. The number of ether oxygens (including phenoxy) is 1. The van der Waals surface area contributed by atoms with Crippen molar-refractivity contribution >= 4 is 16.0 Å². The Hall–Kier alpha value is -2.96. The molecular formula is C23H23NO4S. The highest BCUT2D eigenvalue weighted by atomic mass is 32.2. The minimum Gasteiger partial charge on any atom is -0.427 e. The maximum absolute atomic E-state index is 13.0. The summed E-state index contributed by atoms with van der Waals surface area (Å²) in [5, 5.41) is -0.851. The molecule has 3 aromatic rings. The number of carbonyl (C=O) groups excluding carboxylic acids is 1. The minimum atomic E-state index is -3.70. The van der Waals surface area contributed by atoms with E-state index in [1.807, 2.05) is 42.5 Å². The van der Waals surface area contributed by atoms with Gasteiger partial charge in [-0.25, -0.2) is 13.1 Å². The van der Waals surface area contributed by atoms with Crippen LogP contribution in [0, 0.1) is 0 Å². The Labute approximate surface area is 171 Å². The molecule has 0 radical (unpaired) electrons. The van der Waals surface area contributed by atoms with Crippen molar-refractivity contribution in [3.8, 4) is 5.75 Å². The third-order valence-corrected chi connectivity index (χ3v) is 6.26. The zero-order valence-electron chi connectivity index (χ0n) is 15.9. The molecule has 0 heterocycles.